The zero-order chi connectivity index (χ0) is 19.2. The van der Waals surface area contributed by atoms with Crippen LogP contribution in [0, 0.1) is 13.8 Å². The van der Waals surface area contributed by atoms with Crippen molar-refractivity contribution < 1.29 is 14.3 Å². The van der Waals surface area contributed by atoms with Crippen LogP contribution in [-0.2, 0) is 20.7 Å². The summed E-state index contributed by atoms with van der Waals surface area (Å²) in [7, 11) is 0. The van der Waals surface area contributed by atoms with Crippen molar-refractivity contribution in [3.05, 3.63) is 71.3 Å². The Bertz CT molecular complexity index is 592. The second-order valence-electron chi connectivity index (χ2n) is 6.25. The molecule has 1 fully saturated rings. The molecule has 1 aliphatic rings. The van der Waals surface area contributed by atoms with Crippen molar-refractivity contribution in [2.24, 2.45) is 0 Å². The molecule has 2 aromatic carbocycles. The molecule has 1 unspecified atom stereocenters. The van der Waals surface area contributed by atoms with Crippen LogP contribution in [0.2, 0.25) is 0 Å². The number of carbonyl (C=O) groups excluding carboxylic acids is 2. The van der Waals surface area contributed by atoms with Gasteiger partial charge in [-0.25, -0.2) is 0 Å². The van der Waals surface area contributed by atoms with Crippen LogP contribution in [0.4, 0.5) is 0 Å². The van der Waals surface area contributed by atoms with Crippen LogP contribution in [-0.4, -0.2) is 43.9 Å². The molecule has 140 valence electrons. The third kappa shape index (κ3) is 8.08. The first-order chi connectivity index (χ1) is 12.7. The molecular formula is C22H29NO3. The van der Waals surface area contributed by atoms with E-state index in [2.05, 4.69) is 50.2 Å². The molecule has 4 heteroatoms. The third-order valence-electron chi connectivity index (χ3n) is 4.24. The fourth-order valence-electron chi connectivity index (χ4n) is 2.67. The van der Waals surface area contributed by atoms with E-state index >= 15 is 0 Å². The van der Waals surface area contributed by atoms with Gasteiger partial charge in [-0.05, 0) is 32.3 Å². The zero-order valence-corrected chi connectivity index (χ0v) is 15.8. The molecule has 1 atom stereocenters. The Labute approximate surface area is 156 Å². The van der Waals surface area contributed by atoms with E-state index in [9.17, 15) is 4.79 Å². The third-order valence-corrected chi connectivity index (χ3v) is 4.24. The highest BCUT2D eigenvalue weighted by molar-refractivity contribution is 5.48. The Morgan fingerprint density at radius 1 is 1.04 bits per heavy atom. The van der Waals surface area contributed by atoms with Gasteiger partial charge in [-0.3, -0.25) is 4.79 Å². The normalized spacial score (nSPS) is 15.8. The highest BCUT2D eigenvalue weighted by Crippen LogP contribution is 2.12. The Balaban J connectivity index is 0.000000284. The van der Waals surface area contributed by atoms with Crippen LogP contribution in [0.3, 0.4) is 0 Å². The number of hydrogen-bond donors (Lipinski definition) is 0. The maximum atomic E-state index is 10.9. The minimum Gasteiger partial charge on any atom is -0.377 e. The Morgan fingerprint density at radius 3 is 2.15 bits per heavy atom. The summed E-state index contributed by atoms with van der Waals surface area (Å²) in [6, 6.07) is 19.1. The van der Waals surface area contributed by atoms with E-state index in [-0.39, 0.29) is 6.04 Å². The molecule has 1 heterocycles. The van der Waals surface area contributed by atoms with Crippen LogP contribution in [0.5, 0.6) is 0 Å². The number of benzene rings is 2. The second-order valence-corrected chi connectivity index (χ2v) is 6.25. The van der Waals surface area contributed by atoms with Crippen molar-refractivity contribution in [2.75, 3.05) is 19.8 Å². The standard InChI is InChI=1S/C13H17NO2.C8H10.CH2O/c15-11-14-8-9-16-10-13(14)7-6-12-4-2-1-3-5-12;1-7-3-5-8(2)6-4-7;1-2/h1-5,11,13H,6-10H2;3-6H,1-2H3;1H2. The Morgan fingerprint density at radius 2 is 1.62 bits per heavy atom. The Kier molecular flexibility index (Phi) is 10.7. The Hall–Kier alpha value is -2.46. The van der Waals surface area contributed by atoms with Gasteiger partial charge >= 0.3 is 0 Å². The molecule has 1 saturated heterocycles. The van der Waals surface area contributed by atoms with Gasteiger partial charge < -0.3 is 14.4 Å². The summed E-state index contributed by atoms with van der Waals surface area (Å²) in [5.41, 5.74) is 3.98. The summed E-state index contributed by atoms with van der Waals surface area (Å²) in [5, 5.41) is 0. The second kappa shape index (κ2) is 12.8. The lowest BCUT2D eigenvalue weighted by Crippen LogP contribution is -2.44. The fraction of sp³-hybridized carbons (Fsp3) is 0.364. The van der Waals surface area contributed by atoms with E-state index < -0.39 is 0 Å². The van der Waals surface area contributed by atoms with Gasteiger partial charge in [0.05, 0.1) is 19.3 Å². The molecule has 0 aromatic heterocycles. The molecule has 1 aliphatic heterocycles. The molecular weight excluding hydrogens is 326 g/mol. The summed E-state index contributed by atoms with van der Waals surface area (Å²) >= 11 is 0. The largest absolute Gasteiger partial charge is 0.377 e. The molecule has 26 heavy (non-hydrogen) atoms. The van der Waals surface area contributed by atoms with E-state index in [1.54, 1.807) is 0 Å². The maximum Gasteiger partial charge on any atom is 0.210 e. The lowest BCUT2D eigenvalue weighted by atomic mass is 10.0. The summed E-state index contributed by atoms with van der Waals surface area (Å²) in [6.45, 7) is 8.26. The molecule has 0 bridgehead atoms. The number of amides is 1. The van der Waals surface area contributed by atoms with Crippen molar-refractivity contribution in [3.8, 4) is 0 Å². The first kappa shape index (κ1) is 21.6. The molecule has 0 radical (unpaired) electrons. The van der Waals surface area contributed by atoms with Crippen molar-refractivity contribution in [3.63, 3.8) is 0 Å². The van der Waals surface area contributed by atoms with E-state index in [0.29, 0.717) is 13.2 Å². The lowest BCUT2D eigenvalue weighted by Gasteiger charge is -2.32. The van der Waals surface area contributed by atoms with Gasteiger partial charge in [0.25, 0.3) is 0 Å². The summed E-state index contributed by atoms with van der Waals surface area (Å²) in [4.78, 5) is 20.7. The average molecular weight is 355 g/mol. The fourth-order valence-corrected chi connectivity index (χ4v) is 2.67. The SMILES string of the molecule is C=O.Cc1ccc(C)cc1.O=CN1CCOCC1CCc1ccccc1. The van der Waals surface area contributed by atoms with Gasteiger partial charge in [-0.15, -0.1) is 0 Å². The van der Waals surface area contributed by atoms with Crippen LogP contribution in [0.1, 0.15) is 23.1 Å². The highest BCUT2D eigenvalue weighted by atomic mass is 16.5. The van der Waals surface area contributed by atoms with Gasteiger partial charge in [0.2, 0.25) is 6.41 Å². The van der Waals surface area contributed by atoms with Crippen LogP contribution < -0.4 is 0 Å². The quantitative estimate of drug-likeness (QED) is 0.788. The number of hydrogen-bond acceptors (Lipinski definition) is 3. The van der Waals surface area contributed by atoms with Gasteiger partial charge in [-0.2, -0.15) is 0 Å². The number of rotatable bonds is 4. The summed E-state index contributed by atoms with van der Waals surface area (Å²) in [6.07, 6.45) is 2.92. The highest BCUT2D eigenvalue weighted by Gasteiger charge is 2.20. The predicted molar refractivity (Wildman–Crippen MR) is 105 cm³/mol. The van der Waals surface area contributed by atoms with Gasteiger partial charge in [0, 0.05) is 6.54 Å². The molecule has 2 aromatic rings. The molecule has 0 spiro atoms. The van der Waals surface area contributed by atoms with E-state index in [4.69, 9.17) is 9.53 Å². The number of nitrogens with zero attached hydrogens (tertiary/aromatic N) is 1. The van der Waals surface area contributed by atoms with E-state index in [1.165, 1.54) is 16.7 Å². The molecule has 1 amide bonds. The van der Waals surface area contributed by atoms with Crippen LogP contribution in [0.15, 0.2) is 54.6 Å². The van der Waals surface area contributed by atoms with Crippen molar-refractivity contribution in [1.29, 1.82) is 0 Å². The van der Waals surface area contributed by atoms with E-state index in [1.807, 2.05) is 29.9 Å². The smallest absolute Gasteiger partial charge is 0.210 e. The topological polar surface area (TPSA) is 46.6 Å². The van der Waals surface area contributed by atoms with Crippen LogP contribution in [0.25, 0.3) is 0 Å². The van der Waals surface area contributed by atoms with Gasteiger partial charge in [-0.1, -0.05) is 65.7 Å². The predicted octanol–water partition coefficient (Wildman–Crippen LogP) is 3.59. The number of aryl methyl sites for hydroxylation is 3. The average Bonchev–Trinajstić information content (AvgIpc) is 2.71. The van der Waals surface area contributed by atoms with Crippen molar-refractivity contribution in [1.82, 2.24) is 4.90 Å². The minimum atomic E-state index is 0.242. The molecule has 0 N–H and O–H groups in total. The molecule has 4 nitrogen and oxygen atoms in total. The molecule has 0 saturated carbocycles. The summed E-state index contributed by atoms with van der Waals surface area (Å²) in [5.74, 6) is 0. The van der Waals surface area contributed by atoms with E-state index in [0.717, 1.165) is 25.8 Å². The molecule has 0 aliphatic carbocycles. The number of ether oxygens (including phenoxy) is 1. The van der Waals surface area contributed by atoms with Crippen LogP contribution >= 0.6 is 0 Å². The first-order valence-corrected chi connectivity index (χ1v) is 8.84. The maximum absolute atomic E-state index is 10.9. The number of morpholine rings is 1. The zero-order valence-electron chi connectivity index (χ0n) is 15.8. The first-order valence-electron chi connectivity index (χ1n) is 8.84. The molecule has 3 rings (SSSR count). The number of carbonyl (C=O) groups is 2. The lowest BCUT2D eigenvalue weighted by molar-refractivity contribution is -0.126. The minimum absolute atomic E-state index is 0.242. The van der Waals surface area contributed by atoms with Gasteiger partial charge in [0.1, 0.15) is 6.79 Å². The van der Waals surface area contributed by atoms with Crippen molar-refractivity contribution in [2.45, 2.75) is 32.7 Å². The summed E-state index contributed by atoms with van der Waals surface area (Å²) < 4.78 is 5.40. The van der Waals surface area contributed by atoms with Crippen molar-refractivity contribution >= 4 is 13.2 Å². The monoisotopic (exact) mass is 355 g/mol. The van der Waals surface area contributed by atoms with Gasteiger partial charge in [0.15, 0.2) is 0 Å².